The van der Waals surface area contributed by atoms with Crippen molar-refractivity contribution in [3.63, 3.8) is 0 Å². The molecule has 0 aliphatic carbocycles. The Labute approximate surface area is 326 Å². The Balaban J connectivity index is 3.54. The van der Waals surface area contributed by atoms with Gasteiger partial charge in [0.25, 0.3) is 0 Å². The van der Waals surface area contributed by atoms with Crippen molar-refractivity contribution in [3.8, 4) is 0 Å². The summed E-state index contributed by atoms with van der Waals surface area (Å²) in [5.74, 6) is -0.277. The second-order valence-corrected chi connectivity index (χ2v) is 16.7. The third-order valence-electron chi connectivity index (χ3n) is 11.4. The van der Waals surface area contributed by atoms with Crippen molar-refractivity contribution in [2.24, 2.45) is 0 Å². The van der Waals surface area contributed by atoms with Gasteiger partial charge in [-0.2, -0.15) is 0 Å². The van der Waals surface area contributed by atoms with E-state index in [1.165, 1.54) is 212 Å². The van der Waals surface area contributed by atoms with Crippen molar-refractivity contribution in [3.05, 3.63) is 0 Å². The first-order valence-electron chi connectivity index (χ1n) is 23.8. The molecule has 0 saturated carbocycles. The maximum atomic E-state index is 12.5. The third kappa shape index (κ3) is 39.1. The van der Waals surface area contributed by atoms with Crippen LogP contribution < -0.4 is 5.32 Å². The zero-order chi connectivity index (χ0) is 38.0. The van der Waals surface area contributed by atoms with Gasteiger partial charge in [-0.1, -0.05) is 251 Å². The summed E-state index contributed by atoms with van der Waals surface area (Å²) < 4.78 is 0. The first kappa shape index (κ1) is 51.4. The summed E-state index contributed by atoms with van der Waals surface area (Å²) in [5.41, 5.74) is 0. The van der Waals surface area contributed by atoms with Crippen molar-refractivity contribution >= 4 is 5.91 Å². The molecule has 1 amide bonds. The molecule has 52 heavy (non-hydrogen) atoms. The minimum Gasteiger partial charge on any atom is -0.394 e. The van der Waals surface area contributed by atoms with Crippen LogP contribution in [0.1, 0.15) is 271 Å². The third-order valence-corrected chi connectivity index (χ3v) is 11.4. The molecule has 0 fully saturated rings. The summed E-state index contributed by atoms with van der Waals surface area (Å²) >= 11 is 0. The van der Waals surface area contributed by atoms with Crippen LogP contribution in [-0.4, -0.2) is 46.1 Å². The highest BCUT2D eigenvalue weighted by Crippen LogP contribution is 2.17. The monoisotopic (exact) mass is 738 g/mol. The van der Waals surface area contributed by atoms with Gasteiger partial charge in [-0.3, -0.25) is 4.79 Å². The quantitative estimate of drug-likeness (QED) is 0.0469. The Hall–Kier alpha value is -0.650. The fraction of sp³-hybridized carbons (Fsp3) is 0.979. The lowest BCUT2D eigenvalue weighted by Crippen LogP contribution is -2.46. The zero-order valence-electron chi connectivity index (χ0n) is 35.5. The first-order chi connectivity index (χ1) is 25.5. The highest BCUT2D eigenvalue weighted by Gasteiger charge is 2.21. The number of unbranched alkanes of at least 4 members (excludes halogenated alkanes) is 35. The molecule has 0 aromatic rings. The van der Waals surface area contributed by atoms with Gasteiger partial charge in [0.2, 0.25) is 5.91 Å². The molecule has 3 unspecified atom stereocenters. The molecule has 4 N–H and O–H groups in total. The molecular weight excluding hydrogens is 643 g/mol. The Kier molecular flexibility index (Phi) is 42.5. The maximum Gasteiger partial charge on any atom is 0.222 e. The van der Waals surface area contributed by atoms with Gasteiger partial charge in [0.1, 0.15) is 0 Å². The van der Waals surface area contributed by atoms with Crippen molar-refractivity contribution in [1.82, 2.24) is 5.32 Å². The van der Waals surface area contributed by atoms with Crippen LogP contribution in [0.2, 0.25) is 0 Å². The topological polar surface area (TPSA) is 89.8 Å². The molecule has 0 bridgehead atoms. The lowest BCUT2D eigenvalue weighted by atomic mass is 10.0. The van der Waals surface area contributed by atoms with E-state index in [1.807, 2.05) is 0 Å². The van der Waals surface area contributed by atoms with E-state index in [0.717, 1.165) is 25.7 Å². The summed E-state index contributed by atoms with van der Waals surface area (Å²) in [6.45, 7) is 4.29. The largest absolute Gasteiger partial charge is 0.394 e. The molecule has 0 heterocycles. The number of rotatable bonds is 44. The number of nitrogens with one attached hydrogen (secondary N) is 1. The van der Waals surface area contributed by atoms with Gasteiger partial charge in [0, 0.05) is 0 Å². The number of carbonyl (C=O) groups excluding carboxylic acids is 1. The number of hydrogen-bond donors (Lipinski definition) is 4. The van der Waals surface area contributed by atoms with Crippen LogP contribution in [0.25, 0.3) is 0 Å². The average molecular weight is 738 g/mol. The normalized spacial score (nSPS) is 13.4. The van der Waals surface area contributed by atoms with E-state index in [9.17, 15) is 20.1 Å². The predicted molar refractivity (Wildman–Crippen MR) is 227 cm³/mol. The molecule has 0 spiro atoms. The van der Waals surface area contributed by atoms with E-state index in [4.69, 9.17) is 0 Å². The van der Waals surface area contributed by atoms with Crippen molar-refractivity contribution < 1.29 is 20.1 Å². The van der Waals surface area contributed by atoms with Crippen LogP contribution in [-0.2, 0) is 4.79 Å². The number of aliphatic hydroxyl groups excluding tert-OH is 3. The molecule has 0 saturated heterocycles. The van der Waals surface area contributed by atoms with Crippen LogP contribution >= 0.6 is 0 Å². The smallest absolute Gasteiger partial charge is 0.222 e. The summed E-state index contributed by atoms with van der Waals surface area (Å²) in [4.78, 5) is 12.5. The Morgan fingerprint density at radius 2 is 0.654 bits per heavy atom. The van der Waals surface area contributed by atoms with Crippen molar-refractivity contribution in [2.75, 3.05) is 6.61 Å². The van der Waals surface area contributed by atoms with E-state index in [0.29, 0.717) is 12.8 Å². The minimum atomic E-state index is -0.743. The van der Waals surface area contributed by atoms with E-state index in [2.05, 4.69) is 19.2 Å². The fourth-order valence-corrected chi connectivity index (χ4v) is 7.76. The van der Waals surface area contributed by atoms with Crippen LogP contribution in [0.15, 0.2) is 0 Å². The molecule has 0 aliphatic rings. The number of aliphatic hydroxyl groups is 3. The van der Waals surface area contributed by atoms with Gasteiger partial charge in [-0.25, -0.2) is 0 Å². The first-order valence-corrected chi connectivity index (χ1v) is 23.8. The second-order valence-electron chi connectivity index (χ2n) is 16.7. The van der Waals surface area contributed by atoms with Gasteiger partial charge in [-0.05, 0) is 12.8 Å². The van der Waals surface area contributed by atoms with E-state index in [-0.39, 0.29) is 18.9 Å². The van der Waals surface area contributed by atoms with E-state index >= 15 is 0 Å². The Morgan fingerprint density at radius 3 is 0.923 bits per heavy atom. The standard InChI is InChI=1S/C47H95NO4/c1-3-5-7-9-11-13-15-17-19-21-22-23-24-25-26-28-30-32-34-36-38-40-44(50)42-47(52)48-45(43-49)46(51)41-39-37-35-33-31-29-27-20-18-16-14-12-10-8-6-4-2/h44-46,49-51H,3-43H2,1-2H3,(H,48,52). The molecule has 0 rings (SSSR count). The average Bonchev–Trinajstić information content (AvgIpc) is 3.14. The highest BCUT2D eigenvalue weighted by molar-refractivity contribution is 5.76. The zero-order valence-corrected chi connectivity index (χ0v) is 35.5. The van der Waals surface area contributed by atoms with Crippen LogP contribution in [0.5, 0.6) is 0 Å². The van der Waals surface area contributed by atoms with Gasteiger partial charge in [0.05, 0.1) is 31.3 Å². The summed E-state index contributed by atoms with van der Waals surface area (Å²) in [7, 11) is 0. The maximum absolute atomic E-state index is 12.5. The van der Waals surface area contributed by atoms with E-state index in [1.54, 1.807) is 0 Å². The summed E-state index contributed by atoms with van der Waals surface area (Å²) in [5, 5.41) is 33.5. The van der Waals surface area contributed by atoms with Crippen LogP contribution in [0.4, 0.5) is 0 Å². The molecule has 0 radical (unpaired) electrons. The number of amides is 1. The number of carbonyl (C=O) groups is 1. The lowest BCUT2D eigenvalue weighted by Gasteiger charge is -2.23. The molecular formula is C47H95NO4. The van der Waals surface area contributed by atoms with Gasteiger partial charge in [0.15, 0.2) is 0 Å². The molecule has 0 aromatic heterocycles. The van der Waals surface area contributed by atoms with E-state index < -0.39 is 18.2 Å². The molecule has 0 aliphatic heterocycles. The van der Waals surface area contributed by atoms with Gasteiger partial charge < -0.3 is 20.6 Å². The Bertz CT molecular complexity index is 688. The molecule has 5 heteroatoms. The highest BCUT2D eigenvalue weighted by atomic mass is 16.3. The number of hydrogen-bond acceptors (Lipinski definition) is 4. The molecule has 0 aromatic carbocycles. The summed E-state index contributed by atoms with van der Waals surface area (Å²) in [6.07, 6.45) is 49.4. The van der Waals surface area contributed by atoms with Crippen LogP contribution in [0, 0.1) is 0 Å². The minimum absolute atomic E-state index is 0.0431. The Morgan fingerprint density at radius 1 is 0.404 bits per heavy atom. The SMILES string of the molecule is CCCCCCCCCCCCCCCCCCCCCCCC(O)CC(=O)NC(CO)C(O)CCCCCCCCCCCCCCCCCC. The molecule has 5 nitrogen and oxygen atoms in total. The predicted octanol–water partition coefficient (Wildman–Crippen LogP) is 13.8. The fourth-order valence-electron chi connectivity index (χ4n) is 7.76. The van der Waals surface area contributed by atoms with Crippen molar-refractivity contribution in [2.45, 2.75) is 289 Å². The van der Waals surface area contributed by atoms with Crippen LogP contribution in [0.3, 0.4) is 0 Å². The lowest BCUT2D eigenvalue weighted by molar-refractivity contribution is -0.125. The summed E-state index contributed by atoms with van der Waals surface area (Å²) in [6, 6.07) is -0.652. The van der Waals surface area contributed by atoms with Gasteiger partial charge >= 0.3 is 0 Å². The van der Waals surface area contributed by atoms with Crippen molar-refractivity contribution in [1.29, 1.82) is 0 Å². The van der Waals surface area contributed by atoms with Gasteiger partial charge in [-0.15, -0.1) is 0 Å². The molecule has 3 atom stereocenters. The second kappa shape index (κ2) is 43.1. The molecule has 312 valence electrons.